The van der Waals surface area contributed by atoms with Gasteiger partial charge < -0.3 is 0 Å². The Balaban J connectivity index is 2.48. The molecule has 1 N–H and O–H groups in total. The summed E-state index contributed by atoms with van der Waals surface area (Å²) >= 11 is 0. The summed E-state index contributed by atoms with van der Waals surface area (Å²) in [6, 6.07) is -0.101. The molecule has 4 nitrogen and oxygen atoms in total. The van der Waals surface area contributed by atoms with Gasteiger partial charge in [-0.1, -0.05) is 0 Å². The maximum atomic E-state index is 11.1. The Kier molecular flexibility index (Phi) is 3.25. The highest BCUT2D eigenvalue weighted by molar-refractivity contribution is 7.89. The Bertz CT molecular complexity index is 273. The van der Waals surface area contributed by atoms with Crippen molar-refractivity contribution in [3.05, 3.63) is 0 Å². The lowest BCUT2D eigenvalue weighted by atomic mass is 10.3. The zero-order valence-electron chi connectivity index (χ0n) is 6.95. The molecule has 0 bridgehead atoms. The van der Waals surface area contributed by atoms with Crippen LogP contribution in [0.25, 0.3) is 0 Å². The van der Waals surface area contributed by atoms with Crippen LogP contribution < -0.4 is 4.72 Å². The summed E-state index contributed by atoms with van der Waals surface area (Å²) in [6.45, 7) is 1.59. The normalized spacial score (nSPS) is 30.8. The standard InChI is InChI=1S/C6H13NO3S2/c1-2-12(9,10)7-6-3-4-11(8)5-6/h6-7H,2-5H2,1H3. The molecule has 1 aliphatic rings. The highest BCUT2D eigenvalue weighted by Crippen LogP contribution is 2.08. The largest absolute Gasteiger partial charge is 0.260 e. The van der Waals surface area contributed by atoms with Crippen molar-refractivity contribution in [2.24, 2.45) is 0 Å². The van der Waals surface area contributed by atoms with Crippen LogP contribution in [0.5, 0.6) is 0 Å². The van der Waals surface area contributed by atoms with Crippen molar-refractivity contribution in [2.75, 3.05) is 17.3 Å². The van der Waals surface area contributed by atoms with Crippen LogP contribution in [0.1, 0.15) is 13.3 Å². The first-order valence-electron chi connectivity index (χ1n) is 3.88. The smallest absolute Gasteiger partial charge is 0.211 e. The van der Waals surface area contributed by atoms with E-state index >= 15 is 0 Å². The molecular formula is C6H13NO3S2. The van der Waals surface area contributed by atoms with E-state index < -0.39 is 20.8 Å². The third kappa shape index (κ3) is 2.84. The van der Waals surface area contributed by atoms with Gasteiger partial charge in [0, 0.05) is 28.3 Å². The maximum Gasteiger partial charge on any atom is 0.211 e. The van der Waals surface area contributed by atoms with E-state index in [0.29, 0.717) is 17.9 Å². The van der Waals surface area contributed by atoms with Gasteiger partial charge in [-0.2, -0.15) is 0 Å². The van der Waals surface area contributed by atoms with E-state index in [1.807, 2.05) is 0 Å². The molecule has 0 aliphatic carbocycles. The molecule has 2 unspecified atom stereocenters. The summed E-state index contributed by atoms with van der Waals surface area (Å²) in [5.74, 6) is 1.19. The van der Waals surface area contributed by atoms with E-state index in [2.05, 4.69) is 4.72 Å². The molecule has 1 heterocycles. The Morgan fingerprint density at radius 1 is 1.58 bits per heavy atom. The predicted octanol–water partition coefficient (Wildman–Crippen LogP) is -0.553. The van der Waals surface area contributed by atoms with Crippen LogP contribution in [0.3, 0.4) is 0 Å². The van der Waals surface area contributed by atoms with Crippen molar-refractivity contribution >= 4 is 20.8 Å². The number of hydrogen-bond donors (Lipinski definition) is 1. The first-order chi connectivity index (χ1) is 5.53. The molecule has 1 aliphatic heterocycles. The minimum atomic E-state index is -3.11. The van der Waals surface area contributed by atoms with Gasteiger partial charge in [-0.25, -0.2) is 13.1 Å². The molecule has 1 fully saturated rings. The fourth-order valence-corrected chi connectivity index (χ4v) is 3.49. The number of rotatable bonds is 3. The third-order valence-corrected chi connectivity index (χ3v) is 4.73. The van der Waals surface area contributed by atoms with E-state index in [1.165, 1.54) is 0 Å². The monoisotopic (exact) mass is 211 g/mol. The van der Waals surface area contributed by atoms with Crippen LogP contribution in [0, 0.1) is 0 Å². The number of nitrogens with one attached hydrogen (secondary N) is 1. The summed E-state index contributed by atoms with van der Waals surface area (Å²) in [6.07, 6.45) is 0.700. The number of sulfonamides is 1. The summed E-state index contributed by atoms with van der Waals surface area (Å²) in [7, 11) is -3.93. The first kappa shape index (κ1) is 10.1. The van der Waals surface area contributed by atoms with Gasteiger partial charge in [0.1, 0.15) is 0 Å². The van der Waals surface area contributed by atoms with Gasteiger partial charge in [0.2, 0.25) is 10.0 Å². The molecular weight excluding hydrogens is 198 g/mol. The molecule has 0 aromatic carbocycles. The molecule has 0 spiro atoms. The molecule has 0 amide bonds. The molecule has 6 heteroatoms. The Morgan fingerprint density at radius 2 is 2.25 bits per heavy atom. The molecule has 0 saturated carbocycles. The molecule has 0 radical (unpaired) electrons. The van der Waals surface area contributed by atoms with Crippen LogP contribution in [0.15, 0.2) is 0 Å². The van der Waals surface area contributed by atoms with Crippen molar-refractivity contribution < 1.29 is 12.6 Å². The maximum absolute atomic E-state index is 11.1. The summed E-state index contributed by atoms with van der Waals surface area (Å²) < 4.78 is 35.5. The number of hydrogen-bond acceptors (Lipinski definition) is 3. The van der Waals surface area contributed by atoms with E-state index in [9.17, 15) is 12.6 Å². The average Bonchev–Trinajstić information content (AvgIpc) is 2.35. The van der Waals surface area contributed by atoms with E-state index in [4.69, 9.17) is 0 Å². The van der Waals surface area contributed by atoms with Crippen molar-refractivity contribution in [1.82, 2.24) is 4.72 Å². The van der Waals surface area contributed by atoms with Gasteiger partial charge in [-0.3, -0.25) is 4.21 Å². The SMILES string of the molecule is CCS(=O)(=O)NC1CCS(=O)C1. The van der Waals surface area contributed by atoms with Crippen LogP contribution in [0.2, 0.25) is 0 Å². The van der Waals surface area contributed by atoms with Crippen LogP contribution >= 0.6 is 0 Å². The molecule has 1 rings (SSSR count). The second-order valence-electron chi connectivity index (χ2n) is 2.82. The molecule has 2 atom stereocenters. The average molecular weight is 211 g/mol. The second-order valence-corrected chi connectivity index (χ2v) is 6.48. The van der Waals surface area contributed by atoms with Crippen molar-refractivity contribution in [2.45, 2.75) is 19.4 Å². The van der Waals surface area contributed by atoms with E-state index in [1.54, 1.807) is 6.92 Å². The van der Waals surface area contributed by atoms with E-state index in [-0.39, 0.29) is 11.8 Å². The second kappa shape index (κ2) is 3.85. The summed E-state index contributed by atoms with van der Waals surface area (Å²) in [5, 5.41) is 0. The molecule has 0 aromatic rings. The van der Waals surface area contributed by atoms with Crippen molar-refractivity contribution in [3.63, 3.8) is 0 Å². The minimum Gasteiger partial charge on any atom is -0.260 e. The van der Waals surface area contributed by atoms with Gasteiger partial charge in [0.15, 0.2) is 0 Å². The van der Waals surface area contributed by atoms with Crippen molar-refractivity contribution in [1.29, 1.82) is 0 Å². The topological polar surface area (TPSA) is 63.2 Å². The lowest BCUT2D eigenvalue weighted by Crippen LogP contribution is -2.36. The quantitative estimate of drug-likeness (QED) is 0.681. The predicted molar refractivity (Wildman–Crippen MR) is 48.9 cm³/mol. The lowest BCUT2D eigenvalue weighted by molar-refractivity contribution is 0.564. The minimum absolute atomic E-state index is 0.0934. The van der Waals surface area contributed by atoms with Gasteiger partial charge >= 0.3 is 0 Å². The Labute approximate surface area is 75.2 Å². The molecule has 1 saturated heterocycles. The Hall–Kier alpha value is 0.0600. The lowest BCUT2D eigenvalue weighted by Gasteiger charge is -2.09. The highest BCUT2D eigenvalue weighted by atomic mass is 32.2. The molecule has 12 heavy (non-hydrogen) atoms. The zero-order valence-corrected chi connectivity index (χ0v) is 8.58. The van der Waals surface area contributed by atoms with Gasteiger partial charge in [0.25, 0.3) is 0 Å². The zero-order chi connectivity index (χ0) is 9.19. The van der Waals surface area contributed by atoms with Crippen LogP contribution in [-0.4, -0.2) is 35.9 Å². The van der Waals surface area contributed by atoms with Crippen molar-refractivity contribution in [3.8, 4) is 0 Å². The highest BCUT2D eigenvalue weighted by Gasteiger charge is 2.24. The van der Waals surface area contributed by atoms with Gasteiger partial charge in [0.05, 0.1) is 5.75 Å². The molecule has 0 aromatic heterocycles. The Morgan fingerprint density at radius 3 is 2.67 bits per heavy atom. The fraction of sp³-hybridized carbons (Fsp3) is 1.00. The van der Waals surface area contributed by atoms with Crippen LogP contribution in [0.4, 0.5) is 0 Å². The van der Waals surface area contributed by atoms with Crippen LogP contribution in [-0.2, 0) is 20.8 Å². The third-order valence-electron chi connectivity index (χ3n) is 1.81. The van der Waals surface area contributed by atoms with E-state index in [0.717, 1.165) is 0 Å². The first-order valence-corrected chi connectivity index (χ1v) is 7.02. The summed E-state index contributed by atoms with van der Waals surface area (Å²) in [4.78, 5) is 0. The molecule has 72 valence electrons. The fourth-order valence-electron chi connectivity index (χ4n) is 1.09. The van der Waals surface area contributed by atoms with Gasteiger partial charge in [-0.15, -0.1) is 0 Å². The summed E-state index contributed by atoms with van der Waals surface area (Å²) in [5.41, 5.74) is 0. The van der Waals surface area contributed by atoms with Gasteiger partial charge in [-0.05, 0) is 13.3 Å².